The predicted molar refractivity (Wildman–Crippen MR) is 104 cm³/mol. The minimum absolute atomic E-state index is 0.0143. The monoisotopic (exact) mass is 386 g/mol. The van der Waals surface area contributed by atoms with Crippen LogP contribution in [0.3, 0.4) is 0 Å². The lowest BCUT2D eigenvalue weighted by molar-refractivity contribution is -0.182. The van der Waals surface area contributed by atoms with Crippen LogP contribution in [0.5, 0.6) is 0 Å². The number of rotatable bonds is 4. The van der Waals surface area contributed by atoms with Crippen molar-refractivity contribution >= 4 is 23.5 Å². The van der Waals surface area contributed by atoms with Crippen LogP contribution in [-0.4, -0.2) is 34.3 Å². The van der Waals surface area contributed by atoms with Crippen LogP contribution in [-0.2, 0) is 21.3 Å². The fraction of sp³-hybridized carbons (Fsp3) is 0.429. The number of allylic oxidation sites excluding steroid dienone is 1. The molecule has 1 saturated carbocycles. The molecular weight excluding hydrogens is 364 g/mol. The third-order valence-corrected chi connectivity index (χ3v) is 5.74. The van der Waals surface area contributed by atoms with Gasteiger partial charge in [0.1, 0.15) is 0 Å². The van der Waals surface area contributed by atoms with Gasteiger partial charge in [0.25, 0.3) is 0 Å². The smallest absolute Gasteiger partial charge is 0.168 e. The molecule has 0 amide bonds. The SMILES string of the molecule is Cn1cnc(-c2cccc(Cl)c2/C=C/C(=O)C2CCC3(CC2)OCCO3)c1. The van der Waals surface area contributed by atoms with Crippen molar-refractivity contribution in [3.63, 3.8) is 0 Å². The normalized spacial score (nSPS) is 19.9. The molecule has 0 atom stereocenters. The summed E-state index contributed by atoms with van der Waals surface area (Å²) in [6.07, 6.45) is 10.3. The van der Waals surface area contributed by atoms with Crippen molar-refractivity contribution in [2.45, 2.75) is 31.5 Å². The number of benzene rings is 1. The standard InChI is InChI=1S/C21H23ClN2O3/c1-24-13-19(23-14-24)17-3-2-4-18(22)16(17)5-6-20(25)15-7-9-21(10-8-15)26-11-12-27-21/h2-6,13-15H,7-12H2,1H3/b6-5+. The number of halogens is 1. The number of hydrogen-bond acceptors (Lipinski definition) is 4. The molecule has 1 aromatic carbocycles. The molecule has 0 unspecified atom stereocenters. The maximum Gasteiger partial charge on any atom is 0.168 e. The average molecular weight is 387 g/mol. The molecule has 1 aliphatic heterocycles. The summed E-state index contributed by atoms with van der Waals surface area (Å²) in [6, 6.07) is 5.70. The van der Waals surface area contributed by atoms with Crippen LogP contribution in [0, 0.1) is 5.92 Å². The first kappa shape index (κ1) is 18.4. The zero-order chi connectivity index (χ0) is 18.9. The van der Waals surface area contributed by atoms with Crippen LogP contribution >= 0.6 is 11.6 Å². The van der Waals surface area contributed by atoms with E-state index >= 15 is 0 Å². The molecule has 0 radical (unpaired) electrons. The van der Waals surface area contributed by atoms with E-state index < -0.39 is 5.79 Å². The zero-order valence-corrected chi connectivity index (χ0v) is 16.1. The number of ether oxygens (including phenoxy) is 2. The summed E-state index contributed by atoms with van der Waals surface area (Å²) in [4.78, 5) is 17.1. The van der Waals surface area contributed by atoms with Crippen LogP contribution in [0.2, 0.25) is 5.02 Å². The highest BCUT2D eigenvalue weighted by molar-refractivity contribution is 6.32. The molecule has 1 aliphatic carbocycles. The molecule has 2 aliphatic rings. The van der Waals surface area contributed by atoms with Gasteiger partial charge in [-0.1, -0.05) is 23.7 Å². The maximum absolute atomic E-state index is 12.7. The Morgan fingerprint density at radius 1 is 1.30 bits per heavy atom. The van der Waals surface area contributed by atoms with Crippen molar-refractivity contribution in [3.05, 3.63) is 47.4 Å². The molecule has 5 nitrogen and oxygen atoms in total. The Hall–Kier alpha value is -1.95. The number of imidazole rings is 1. The van der Waals surface area contributed by atoms with E-state index in [0.717, 1.165) is 42.5 Å². The lowest BCUT2D eigenvalue weighted by atomic mass is 9.82. The van der Waals surface area contributed by atoms with Gasteiger partial charge < -0.3 is 14.0 Å². The predicted octanol–water partition coefficient (Wildman–Crippen LogP) is 4.26. The highest BCUT2D eigenvalue weighted by Crippen LogP contribution is 2.39. The number of carbonyl (C=O) groups is 1. The van der Waals surface area contributed by atoms with Crippen molar-refractivity contribution in [2.24, 2.45) is 13.0 Å². The second-order valence-corrected chi connectivity index (χ2v) is 7.65. The van der Waals surface area contributed by atoms with Crippen LogP contribution in [0.15, 0.2) is 36.8 Å². The minimum atomic E-state index is -0.435. The highest BCUT2D eigenvalue weighted by Gasteiger charge is 2.41. The van der Waals surface area contributed by atoms with E-state index in [1.807, 2.05) is 42.1 Å². The average Bonchev–Trinajstić information content (AvgIpc) is 3.30. The van der Waals surface area contributed by atoms with Gasteiger partial charge >= 0.3 is 0 Å². The highest BCUT2D eigenvalue weighted by atomic mass is 35.5. The van der Waals surface area contributed by atoms with Crippen LogP contribution < -0.4 is 0 Å². The van der Waals surface area contributed by atoms with Gasteiger partial charge in [0.15, 0.2) is 11.6 Å². The fourth-order valence-electron chi connectivity index (χ4n) is 3.91. The van der Waals surface area contributed by atoms with Gasteiger partial charge in [0.2, 0.25) is 0 Å². The van der Waals surface area contributed by atoms with Crippen LogP contribution in [0.25, 0.3) is 17.3 Å². The van der Waals surface area contributed by atoms with Crippen molar-refractivity contribution in [1.82, 2.24) is 9.55 Å². The summed E-state index contributed by atoms with van der Waals surface area (Å²) in [5, 5.41) is 0.609. The number of ketones is 1. The van der Waals surface area contributed by atoms with Crippen molar-refractivity contribution in [1.29, 1.82) is 0 Å². The molecule has 2 heterocycles. The lowest BCUT2D eigenvalue weighted by Gasteiger charge is -2.34. The van der Waals surface area contributed by atoms with Gasteiger partial charge in [0.05, 0.1) is 25.2 Å². The van der Waals surface area contributed by atoms with E-state index in [1.54, 1.807) is 12.4 Å². The lowest BCUT2D eigenvalue weighted by Crippen LogP contribution is -2.36. The van der Waals surface area contributed by atoms with Gasteiger partial charge in [0, 0.05) is 48.2 Å². The molecule has 0 bridgehead atoms. The topological polar surface area (TPSA) is 53.4 Å². The number of aromatic nitrogens is 2. The fourth-order valence-corrected chi connectivity index (χ4v) is 4.15. The summed E-state index contributed by atoms with van der Waals surface area (Å²) in [5.41, 5.74) is 2.57. The van der Waals surface area contributed by atoms with Crippen LogP contribution in [0.1, 0.15) is 31.2 Å². The quantitative estimate of drug-likeness (QED) is 0.737. The Labute approximate surface area is 163 Å². The molecule has 1 aromatic heterocycles. The van der Waals surface area contributed by atoms with E-state index in [2.05, 4.69) is 4.98 Å². The third-order valence-electron chi connectivity index (χ3n) is 5.41. The van der Waals surface area contributed by atoms with E-state index in [1.165, 1.54) is 0 Å². The molecule has 2 aromatic rings. The van der Waals surface area contributed by atoms with E-state index in [0.29, 0.717) is 18.2 Å². The molecule has 4 rings (SSSR count). The second kappa shape index (κ2) is 7.58. The van der Waals surface area contributed by atoms with Gasteiger partial charge in [-0.2, -0.15) is 0 Å². The summed E-state index contributed by atoms with van der Waals surface area (Å²) < 4.78 is 13.4. The Kier molecular flexibility index (Phi) is 5.17. The first-order chi connectivity index (χ1) is 13.1. The van der Waals surface area contributed by atoms with E-state index in [-0.39, 0.29) is 11.7 Å². The van der Waals surface area contributed by atoms with Gasteiger partial charge in [-0.05, 0) is 31.1 Å². The van der Waals surface area contributed by atoms with Crippen molar-refractivity contribution in [3.8, 4) is 11.3 Å². The molecule has 142 valence electrons. The summed E-state index contributed by atoms with van der Waals surface area (Å²) in [5.74, 6) is -0.287. The Balaban J connectivity index is 1.49. The molecular formula is C21H23ClN2O3. The summed E-state index contributed by atoms with van der Waals surface area (Å²) in [7, 11) is 1.92. The number of carbonyl (C=O) groups excluding carboxylic acids is 1. The second-order valence-electron chi connectivity index (χ2n) is 7.24. The molecule has 2 fully saturated rings. The summed E-state index contributed by atoms with van der Waals surface area (Å²) in [6.45, 7) is 1.31. The molecule has 0 N–H and O–H groups in total. The van der Waals surface area contributed by atoms with Gasteiger partial charge in [-0.15, -0.1) is 0 Å². The molecule has 1 spiro atoms. The number of nitrogens with zero attached hydrogens (tertiary/aromatic N) is 2. The maximum atomic E-state index is 12.7. The van der Waals surface area contributed by atoms with Crippen molar-refractivity contribution in [2.75, 3.05) is 13.2 Å². The Morgan fingerprint density at radius 3 is 2.70 bits per heavy atom. The van der Waals surface area contributed by atoms with E-state index in [9.17, 15) is 4.79 Å². The van der Waals surface area contributed by atoms with Gasteiger partial charge in [-0.25, -0.2) is 4.98 Å². The number of hydrogen-bond donors (Lipinski definition) is 0. The van der Waals surface area contributed by atoms with Crippen LogP contribution in [0.4, 0.5) is 0 Å². The molecule has 27 heavy (non-hydrogen) atoms. The Morgan fingerprint density at radius 2 is 2.04 bits per heavy atom. The minimum Gasteiger partial charge on any atom is -0.348 e. The summed E-state index contributed by atoms with van der Waals surface area (Å²) >= 11 is 6.41. The third kappa shape index (κ3) is 3.86. The molecule has 1 saturated heterocycles. The largest absolute Gasteiger partial charge is 0.348 e. The van der Waals surface area contributed by atoms with Crippen molar-refractivity contribution < 1.29 is 14.3 Å². The first-order valence-electron chi connectivity index (χ1n) is 9.33. The zero-order valence-electron chi connectivity index (χ0n) is 15.4. The number of aryl methyl sites for hydroxylation is 1. The van der Waals surface area contributed by atoms with Gasteiger partial charge in [-0.3, -0.25) is 4.79 Å². The molecule has 6 heteroatoms. The van der Waals surface area contributed by atoms with E-state index in [4.69, 9.17) is 21.1 Å². The first-order valence-corrected chi connectivity index (χ1v) is 9.71. The Bertz CT molecular complexity index is 858.